The van der Waals surface area contributed by atoms with Gasteiger partial charge < -0.3 is 20.4 Å². The normalized spacial score (nSPS) is 21.6. The molecule has 2 fully saturated rings. The van der Waals surface area contributed by atoms with E-state index in [0.717, 1.165) is 56.9 Å². The summed E-state index contributed by atoms with van der Waals surface area (Å²) >= 11 is 6.37. The minimum absolute atomic E-state index is 0.0136. The van der Waals surface area contributed by atoms with Gasteiger partial charge in [0.1, 0.15) is 5.50 Å². The summed E-state index contributed by atoms with van der Waals surface area (Å²) in [7, 11) is 4.15. The fourth-order valence-corrected chi connectivity index (χ4v) is 4.09. The Kier molecular flexibility index (Phi) is 6.55. The number of nitrogens with zero attached hydrogens (tertiary/aromatic N) is 5. The molecular weight excluding hydrogens is 405 g/mol. The number of likely N-dealkylation sites (tertiary alicyclic amines) is 1. The number of halogens is 2. The Balaban J connectivity index is 1.39. The summed E-state index contributed by atoms with van der Waals surface area (Å²) < 4.78 is 14.2. The van der Waals surface area contributed by atoms with Gasteiger partial charge in [0.05, 0.1) is 6.20 Å². The second-order valence-corrected chi connectivity index (χ2v) is 8.65. The highest BCUT2D eigenvalue weighted by molar-refractivity contribution is 6.20. The zero-order chi connectivity index (χ0) is 21.1. The van der Waals surface area contributed by atoms with E-state index in [4.69, 9.17) is 11.6 Å². The van der Waals surface area contributed by atoms with Gasteiger partial charge in [-0.1, -0.05) is 0 Å². The summed E-state index contributed by atoms with van der Waals surface area (Å²) in [6.45, 7) is 4.67. The molecule has 30 heavy (non-hydrogen) atoms. The smallest absolute Gasteiger partial charge is 0.229 e. The molecule has 0 aliphatic carbocycles. The van der Waals surface area contributed by atoms with Crippen LogP contribution in [0.25, 0.3) is 0 Å². The summed E-state index contributed by atoms with van der Waals surface area (Å²) in [5.74, 6) is 0.199. The zero-order valence-corrected chi connectivity index (χ0v) is 18.2. The van der Waals surface area contributed by atoms with E-state index in [0.29, 0.717) is 5.95 Å². The summed E-state index contributed by atoms with van der Waals surface area (Å²) in [5, 5.41) is 6.41. The maximum Gasteiger partial charge on any atom is 0.229 e. The largest absolute Gasteiger partial charge is 0.367 e. The number of piperidine rings is 1. The Morgan fingerprint density at radius 2 is 1.80 bits per heavy atom. The van der Waals surface area contributed by atoms with Gasteiger partial charge in [0, 0.05) is 37.1 Å². The van der Waals surface area contributed by atoms with Crippen LogP contribution in [-0.4, -0.2) is 78.1 Å². The van der Waals surface area contributed by atoms with Gasteiger partial charge in [-0.15, -0.1) is 11.6 Å². The standard InChI is InChI=1S/C21H29ClFN7/c1-28-9-7-16(8-10-28)25-20-18(23)13-24-21(27-20)26-15-3-5-17(6-4-15)30-12-11-29(2)19(22)14-30/h3-6,13,16,19H,7-12,14H2,1-2H3,(H2,24,25,26,27). The van der Waals surface area contributed by atoms with Gasteiger partial charge >= 0.3 is 0 Å². The van der Waals surface area contributed by atoms with E-state index in [2.05, 4.69) is 54.5 Å². The molecule has 0 saturated carbocycles. The van der Waals surface area contributed by atoms with Crippen LogP contribution in [0.4, 0.5) is 27.5 Å². The maximum atomic E-state index is 14.2. The van der Waals surface area contributed by atoms with Gasteiger partial charge in [-0.2, -0.15) is 4.98 Å². The van der Waals surface area contributed by atoms with Crippen LogP contribution in [0.3, 0.4) is 0 Å². The minimum Gasteiger partial charge on any atom is -0.367 e. The number of benzene rings is 1. The highest BCUT2D eigenvalue weighted by Crippen LogP contribution is 2.24. The molecular formula is C21H29ClFN7. The lowest BCUT2D eigenvalue weighted by molar-refractivity contribution is 0.263. The van der Waals surface area contributed by atoms with E-state index in [9.17, 15) is 4.39 Å². The predicted molar refractivity (Wildman–Crippen MR) is 120 cm³/mol. The Morgan fingerprint density at radius 3 is 2.50 bits per heavy atom. The van der Waals surface area contributed by atoms with Crippen molar-refractivity contribution < 1.29 is 4.39 Å². The Bertz CT molecular complexity index is 842. The lowest BCUT2D eigenvalue weighted by Crippen LogP contribution is -2.49. The summed E-state index contributed by atoms with van der Waals surface area (Å²) in [4.78, 5) is 15.2. The first-order valence-electron chi connectivity index (χ1n) is 10.4. The van der Waals surface area contributed by atoms with Crippen molar-refractivity contribution in [2.24, 2.45) is 0 Å². The SMILES string of the molecule is CN1CCC(Nc2nc(Nc3ccc(N4CCN(C)C(Cl)C4)cc3)ncc2F)CC1. The molecule has 2 aliphatic heterocycles. The van der Waals surface area contributed by atoms with Crippen molar-refractivity contribution in [2.75, 3.05) is 62.4 Å². The molecule has 1 atom stereocenters. The highest BCUT2D eigenvalue weighted by Gasteiger charge is 2.22. The van der Waals surface area contributed by atoms with Gasteiger partial charge in [0.2, 0.25) is 5.95 Å². The van der Waals surface area contributed by atoms with Crippen molar-refractivity contribution in [3.63, 3.8) is 0 Å². The monoisotopic (exact) mass is 433 g/mol. The molecule has 2 aromatic rings. The third-order valence-electron chi connectivity index (χ3n) is 5.86. The third-order valence-corrected chi connectivity index (χ3v) is 6.34. The number of alkyl halides is 1. The maximum absolute atomic E-state index is 14.2. The second-order valence-electron chi connectivity index (χ2n) is 8.15. The van der Waals surface area contributed by atoms with Crippen LogP contribution >= 0.6 is 11.6 Å². The lowest BCUT2D eigenvalue weighted by Gasteiger charge is -2.37. The second kappa shape index (κ2) is 9.32. The molecule has 1 aromatic carbocycles. The van der Waals surface area contributed by atoms with Crippen molar-refractivity contribution >= 4 is 34.7 Å². The Hall–Kier alpha value is -2.16. The fourth-order valence-electron chi connectivity index (χ4n) is 3.83. The van der Waals surface area contributed by atoms with Crippen LogP contribution in [-0.2, 0) is 0 Å². The zero-order valence-electron chi connectivity index (χ0n) is 17.5. The van der Waals surface area contributed by atoms with Gasteiger partial charge in [-0.3, -0.25) is 4.90 Å². The number of rotatable bonds is 5. The molecule has 2 aliphatic rings. The number of piperazine rings is 1. The van der Waals surface area contributed by atoms with E-state index in [1.165, 1.54) is 6.20 Å². The topological polar surface area (TPSA) is 59.6 Å². The first kappa shape index (κ1) is 21.1. The van der Waals surface area contributed by atoms with Crippen LogP contribution in [0.1, 0.15) is 12.8 Å². The van der Waals surface area contributed by atoms with Gasteiger partial charge in [0.15, 0.2) is 11.6 Å². The van der Waals surface area contributed by atoms with Crippen molar-refractivity contribution in [3.8, 4) is 0 Å². The molecule has 0 spiro atoms. The van der Waals surface area contributed by atoms with Crippen LogP contribution in [0.15, 0.2) is 30.5 Å². The molecule has 9 heteroatoms. The Morgan fingerprint density at radius 1 is 1.07 bits per heavy atom. The van der Waals surface area contributed by atoms with E-state index in [1.807, 2.05) is 19.2 Å². The van der Waals surface area contributed by atoms with Gasteiger partial charge in [-0.05, 0) is 64.3 Å². The molecule has 1 unspecified atom stereocenters. The first-order chi connectivity index (χ1) is 14.5. The number of anilines is 4. The van der Waals surface area contributed by atoms with Crippen molar-refractivity contribution in [1.29, 1.82) is 0 Å². The molecule has 7 nitrogen and oxygen atoms in total. The third kappa shape index (κ3) is 5.11. The molecule has 2 N–H and O–H groups in total. The van der Waals surface area contributed by atoms with Crippen molar-refractivity contribution in [3.05, 3.63) is 36.3 Å². The molecule has 0 bridgehead atoms. The van der Waals surface area contributed by atoms with Crippen molar-refractivity contribution in [2.45, 2.75) is 24.4 Å². The summed E-state index contributed by atoms with van der Waals surface area (Å²) in [6, 6.07) is 8.30. The van der Waals surface area contributed by atoms with Gasteiger partial charge in [0.25, 0.3) is 0 Å². The average Bonchev–Trinajstić information content (AvgIpc) is 2.75. The number of hydrogen-bond donors (Lipinski definition) is 2. The number of likely N-dealkylation sites (N-methyl/N-ethyl adjacent to an activating group) is 1. The molecule has 0 amide bonds. The van der Waals surface area contributed by atoms with Crippen LogP contribution < -0.4 is 15.5 Å². The summed E-state index contributed by atoms with van der Waals surface area (Å²) in [6.07, 6.45) is 3.16. The predicted octanol–water partition coefficient (Wildman–Crippen LogP) is 3.18. The number of hydrogen-bond acceptors (Lipinski definition) is 7. The first-order valence-corrected chi connectivity index (χ1v) is 10.9. The molecule has 162 valence electrons. The molecule has 1 aromatic heterocycles. The van der Waals surface area contributed by atoms with Crippen LogP contribution in [0, 0.1) is 5.82 Å². The number of aromatic nitrogens is 2. The Labute approximate surface area is 182 Å². The highest BCUT2D eigenvalue weighted by atomic mass is 35.5. The fraction of sp³-hybridized carbons (Fsp3) is 0.524. The molecule has 0 radical (unpaired) electrons. The molecule has 2 saturated heterocycles. The lowest BCUT2D eigenvalue weighted by atomic mass is 10.1. The molecule has 3 heterocycles. The minimum atomic E-state index is -0.430. The quantitative estimate of drug-likeness (QED) is 0.554. The van der Waals surface area contributed by atoms with E-state index < -0.39 is 5.82 Å². The van der Waals surface area contributed by atoms with Gasteiger partial charge in [-0.25, -0.2) is 9.37 Å². The van der Waals surface area contributed by atoms with E-state index in [1.54, 1.807) is 0 Å². The van der Waals surface area contributed by atoms with Crippen LogP contribution in [0.5, 0.6) is 0 Å². The summed E-state index contributed by atoms with van der Waals surface area (Å²) in [5.41, 5.74) is 2.00. The molecule has 4 rings (SSSR count). The number of nitrogens with one attached hydrogen (secondary N) is 2. The van der Waals surface area contributed by atoms with Crippen molar-refractivity contribution in [1.82, 2.24) is 19.8 Å². The van der Waals surface area contributed by atoms with E-state index in [-0.39, 0.29) is 17.4 Å². The average molecular weight is 434 g/mol. The van der Waals surface area contributed by atoms with E-state index >= 15 is 0 Å². The van der Waals surface area contributed by atoms with Crippen LogP contribution in [0.2, 0.25) is 0 Å².